The Bertz CT molecular complexity index is 1080. The van der Waals surface area contributed by atoms with Crippen molar-refractivity contribution in [2.45, 2.75) is 33.8 Å². The van der Waals surface area contributed by atoms with Gasteiger partial charge in [0, 0.05) is 5.02 Å². The first kappa shape index (κ1) is 22.6. The molecule has 1 heterocycles. The number of carbonyl (C=O) groups is 1. The lowest BCUT2D eigenvalue weighted by molar-refractivity contribution is -0.151. The van der Waals surface area contributed by atoms with E-state index in [1.807, 2.05) is 45.9 Å². The minimum atomic E-state index is -0.508. The quantitative estimate of drug-likeness (QED) is 0.332. The molecule has 1 unspecified atom stereocenters. The van der Waals surface area contributed by atoms with Gasteiger partial charge in [-0.2, -0.15) is 0 Å². The molecular formula is C24H25ClN2O4. The van der Waals surface area contributed by atoms with Crippen LogP contribution < -0.4 is 9.47 Å². The van der Waals surface area contributed by atoms with Crippen LogP contribution >= 0.6 is 11.6 Å². The predicted octanol–water partition coefficient (Wildman–Crippen LogP) is 5.99. The Morgan fingerprint density at radius 1 is 1.10 bits per heavy atom. The van der Waals surface area contributed by atoms with Gasteiger partial charge in [-0.15, -0.1) is 0 Å². The third-order valence-corrected chi connectivity index (χ3v) is 4.42. The lowest BCUT2D eigenvalue weighted by Crippen LogP contribution is -2.23. The number of halogens is 1. The molecule has 0 saturated heterocycles. The van der Waals surface area contributed by atoms with Crippen molar-refractivity contribution in [1.29, 1.82) is 0 Å². The minimum absolute atomic E-state index is 0.182. The molecule has 1 atom stereocenters. The van der Waals surface area contributed by atoms with E-state index in [2.05, 4.69) is 9.97 Å². The largest absolute Gasteiger partial charge is 0.487 e. The summed E-state index contributed by atoms with van der Waals surface area (Å²) < 4.78 is 16.8. The zero-order chi connectivity index (χ0) is 22.4. The fourth-order valence-electron chi connectivity index (χ4n) is 2.56. The van der Waals surface area contributed by atoms with Gasteiger partial charge < -0.3 is 14.2 Å². The molecule has 0 saturated carbocycles. The Morgan fingerprint density at radius 3 is 2.52 bits per heavy atom. The average molecular weight is 441 g/mol. The summed E-state index contributed by atoms with van der Waals surface area (Å²) in [7, 11) is 0. The average Bonchev–Trinajstić information content (AvgIpc) is 2.72. The molecule has 1 aromatic heterocycles. The Balaban J connectivity index is 1.52. The van der Waals surface area contributed by atoms with Crippen molar-refractivity contribution >= 4 is 28.6 Å². The van der Waals surface area contributed by atoms with Gasteiger partial charge in [0.05, 0.1) is 22.6 Å². The van der Waals surface area contributed by atoms with Gasteiger partial charge >= 0.3 is 5.97 Å². The lowest BCUT2D eigenvalue weighted by Gasteiger charge is -2.15. The van der Waals surface area contributed by atoms with Crippen LogP contribution in [-0.2, 0) is 9.53 Å². The number of hydrogen-bond acceptors (Lipinski definition) is 6. The van der Waals surface area contributed by atoms with E-state index in [1.165, 1.54) is 0 Å². The van der Waals surface area contributed by atoms with Gasteiger partial charge in [0.2, 0.25) is 5.88 Å². The van der Waals surface area contributed by atoms with Gasteiger partial charge in [-0.1, -0.05) is 11.6 Å². The van der Waals surface area contributed by atoms with Crippen molar-refractivity contribution in [1.82, 2.24) is 9.97 Å². The predicted molar refractivity (Wildman–Crippen MR) is 121 cm³/mol. The first-order valence-corrected chi connectivity index (χ1v) is 10.3. The van der Waals surface area contributed by atoms with Crippen molar-refractivity contribution < 1.29 is 19.0 Å². The van der Waals surface area contributed by atoms with E-state index in [4.69, 9.17) is 25.8 Å². The Kier molecular flexibility index (Phi) is 7.13. The molecule has 0 fully saturated rings. The summed E-state index contributed by atoms with van der Waals surface area (Å²) in [6.45, 7) is 7.58. The number of carbonyl (C=O) groups excluding carboxylic acids is 1. The molecule has 162 valence electrons. The summed E-state index contributed by atoms with van der Waals surface area (Å²) in [5.41, 5.74) is 0.904. The third-order valence-electron chi connectivity index (χ3n) is 4.18. The van der Waals surface area contributed by atoms with E-state index in [0.29, 0.717) is 33.4 Å². The normalized spacial score (nSPS) is 12.7. The van der Waals surface area contributed by atoms with Crippen LogP contribution in [0, 0.1) is 5.41 Å². The molecule has 31 heavy (non-hydrogen) atoms. The lowest BCUT2D eigenvalue weighted by atomic mass is 9.97. The van der Waals surface area contributed by atoms with E-state index >= 15 is 0 Å². The van der Waals surface area contributed by atoms with Crippen LogP contribution in [0.2, 0.25) is 5.02 Å². The summed E-state index contributed by atoms with van der Waals surface area (Å²) in [4.78, 5) is 20.5. The van der Waals surface area contributed by atoms with Gasteiger partial charge in [-0.3, -0.25) is 4.79 Å². The van der Waals surface area contributed by atoms with E-state index in [1.54, 1.807) is 42.6 Å². The highest BCUT2D eigenvalue weighted by Crippen LogP contribution is 2.25. The highest BCUT2D eigenvalue weighted by Gasteiger charge is 2.22. The second kappa shape index (κ2) is 9.79. The van der Waals surface area contributed by atoms with Gasteiger partial charge in [0.15, 0.2) is 0 Å². The topological polar surface area (TPSA) is 70.5 Å². The molecule has 6 nitrogen and oxygen atoms in total. The monoisotopic (exact) mass is 440 g/mol. The van der Waals surface area contributed by atoms with Crippen molar-refractivity contribution in [3.63, 3.8) is 0 Å². The van der Waals surface area contributed by atoms with Crippen molar-refractivity contribution in [3.8, 4) is 17.4 Å². The van der Waals surface area contributed by atoms with Crippen LogP contribution in [0.25, 0.3) is 11.0 Å². The molecule has 3 rings (SSSR count). The first-order chi connectivity index (χ1) is 14.7. The van der Waals surface area contributed by atoms with Crippen LogP contribution in [0.15, 0.2) is 60.8 Å². The second-order valence-electron chi connectivity index (χ2n) is 8.01. The highest BCUT2D eigenvalue weighted by atomic mass is 35.5. The molecule has 0 spiro atoms. The van der Waals surface area contributed by atoms with E-state index in [-0.39, 0.29) is 18.7 Å². The number of hydrogen-bond donors (Lipinski definition) is 0. The van der Waals surface area contributed by atoms with Crippen LogP contribution in [0.3, 0.4) is 0 Å². The maximum Gasteiger partial charge on any atom is 0.311 e. The number of nitrogens with zero attached hydrogens (tertiary/aromatic N) is 2. The molecule has 0 aliphatic heterocycles. The van der Waals surface area contributed by atoms with E-state index < -0.39 is 5.41 Å². The smallest absolute Gasteiger partial charge is 0.311 e. The number of ether oxygens (including phenoxy) is 3. The molecule has 3 aromatic rings. The Hall–Kier alpha value is -3.12. The van der Waals surface area contributed by atoms with Crippen molar-refractivity contribution in [2.24, 2.45) is 5.41 Å². The van der Waals surface area contributed by atoms with Crippen LogP contribution in [0.1, 0.15) is 27.7 Å². The molecule has 0 aliphatic rings. The molecular weight excluding hydrogens is 416 g/mol. The molecule has 7 heteroatoms. The standard InChI is InChI=1S/C24H25ClN2O4/c1-16(6-5-13-29-23(28)24(2,3)4)30-18-8-10-19(11-9-18)31-22-15-26-21-14-17(25)7-12-20(21)27-22/h5-12,14-16H,13H2,1-4H3. The first-order valence-electron chi connectivity index (χ1n) is 9.91. The highest BCUT2D eigenvalue weighted by molar-refractivity contribution is 6.31. The maximum atomic E-state index is 11.7. The number of fused-ring (bicyclic) bond motifs is 1. The van der Waals surface area contributed by atoms with Gasteiger partial charge in [-0.05, 0) is 82.3 Å². The number of esters is 1. The summed E-state index contributed by atoms with van der Waals surface area (Å²) in [5, 5.41) is 0.612. The Labute approximate surface area is 186 Å². The second-order valence-corrected chi connectivity index (χ2v) is 8.45. The fraction of sp³-hybridized carbons (Fsp3) is 0.292. The van der Waals surface area contributed by atoms with Crippen LogP contribution in [0.5, 0.6) is 17.4 Å². The summed E-state index contributed by atoms with van der Waals surface area (Å²) in [5.74, 6) is 1.47. The molecule has 0 N–H and O–H groups in total. The molecule has 0 amide bonds. The molecule has 2 aromatic carbocycles. The summed E-state index contributed by atoms with van der Waals surface area (Å²) in [6, 6.07) is 12.5. The number of aromatic nitrogens is 2. The third kappa shape index (κ3) is 6.69. The van der Waals surface area contributed by atoms with Gasteiger partial charge in [0.25, 0.3) is 0 Å². The van der Waals surface area contributed by atoms with Crippen molar-refractivity contribution in [2.75, 3.05) is 6.61 Å². The zero-order valence-corrected chi connectivity index (χ0v) is 18.7. The van der Waals surface area contributed by atoms with E-state index in [9.17, 15) is 4.79 Å². The Morgan fingerprint density at radius 2 is 1.81 bits per heavy atom. The maximum absolute atomic E-state index is 11.7. The molecule has 0 aliphatic carbocycles. The number of benzene rings is 2. The zero-order valence-electron chi connectivity index (χ0n) is 18.0. The molecule has 0 radical (unpaired) electrons. The minimum Gasteiger partial charge on any atom is -0.487 e. The van der Waals surface area contributed by atoms with Crippen molar-refractivity contribution in [3.05, 3.63) is 65.8 Å². The van der Waals surface area contributed by atoms with Gasteiger partial charge in [0.1, 0.15) is 24.2 Å². The summed E-state index contributed by atoms with van der Waals surface area (Å²) in [6.07, 6.45) is 5.00. The molecule has 0 bridgehead atoms. The van der Waals surface area contributed by atoms with E-state index in [0.717, 1.165) is 0 Å². The fourth-order valence-corrected chi connectivity index (χ4v) is 2.73. The SMILES string of the molecule is CC(C=CCOC(=O)C(C)(C)C)Oc1ccc(Oc2cnc3cc(Cl)ccc3n2)cc1. The van der Waals surface area contributed by atoms with Gasteiger partial charge in [-0.25, -0.2) is 9.97 Å². The van der Waals surface area contributed by atoms with Crippen LogP contribution in [0.4, 0.5) is 0 Å². The summed E-state index contributed by atoms with van der Waals surface area (Å²) >= 11 is 5.97. The van der Waals surface area contributed by atoms with Crippen LogP contribution in [-0.4, -0.2) is 28.6 Å². The number of rotatable bonds is 7.